The molecule has 0 bridgehead atoms. The number of benzene rings is 1. The van der Waals surface area contributed by atoms with Gasteiger partial charge in [0.05, 0.1) is 7.11 Å². The Hall–Kier alpha value is -1.95. The molecule has 2 rings (SSSR count). The van der Waals surface area contributed by atoms with Gasteiger partial charge >= 0.3 is 0 Å². The van der Waals surface area contributed by atoms with Crippen LogP contribution in [0, 0.1) is 5.82 Å². The van der Waals surface area contributed by atoms with Crippen LogP contribution in [0.3, 0.4) is 0 Å². The molecule has 0 fully saturated rings. The minimum Gasteiger partial charge on any atom is -0.312 e. The van der Waals surface area contributed by atoms with Gasteiger partial charge in [0.1, 0.15) is 5.82 Å². The Balaban J connectivity index is 1.97. The predicted octanol–water partition coefficient (Wildman–Crippen LogP) is 1.51. The molecule has 1 aliphatic rings. The summed E-state index contributed by atoms with van der Waals surface area (Å²) >= 11 is 0. The van der Waals surface area contributed by atoms with Crippen LogP contribution in [0.4, 0.5) is 10.1 Å². The molecule has 1 aromatic carbocycles. The number of halogens is 1. The van der Waals surface area contributed by atoms with Crippen LogP contribution >= 0.6 is 0 Å². The third kappa shape index (κ3) is 2.96. The third-order valence-corrected chi connectivity index (χ3v) is 3.42. The highest BCUT2D eigenvalue weighted by molar-refractivity contribution is 5.97. The Morgan fingerprint density at radius 3 is 2.85 bits per heavy atom. The van der Waals surface area contributed by atoms with E-state index in [2.05, 4.69) is 0 Å². The summed E-state index contributed by atoms with van der Waals surface area (Å²) in [5.74, 6) is -0.678. The van der Waals surface area contributed by atoms with Gasteiger partial charge in [0.15, 0.2) is 0 Å². The zero-order valence-corrected chi connectivity index (χ0v) is 11.6. The lowest BCUT2D eigenvalue weighted by Crippen LogP contribution is -2.31. The van der Waals surface area contributed by atoms with E-state index in [0.717, 1.165) is 16.3 Å². The van der Waals surface area contributed by atoms with Crippen LogP contribution < -0.4 is 4.90 Å². The van der Waals surface area contributed by atoms with Crippen LogP contribution in [0.2, 0.25) is 0 Å². The number of carbonyl (C=O) groups excluding carboxylic acids is 2. The zero-order valence-electron chi connectivity index (χ0n) is 11.6. The van der Waals surface area contributed by atoms with Gasteiger partial charge in [-0.1, -0.05) is 0 Å². The molecule has 0 N–H and O–H groups in total. The number of hydrogen-bond donors (Lipinski definition) is 0. The Morgan fingerprint density at radius 1 is 1.40 bits per heavy atom. The van der Waals surface area contributed by atoms with Crippen molar-refractivity contribution in [2.45, 2.75) is 19.3 Å². The smallest absolute Gasteiger partial charge is 0.246 e. The molecule has 0 spiro atoms. The minimum absolute atomic E-state index is 0.0935. The second-order valence-electron chi connectivity index (χ2n) is 4.64. The quantitative estimate of drug-likeness (QED) is 0.786. The van der Waals surface area contributed by atoms with Crippen LogP contribution in [0.25, 0.3) is 0 Å². The summed E-state index contributed by atoms with van der Waals surface area (Å²) in [4.78, 5) is 30.1. The molecule has 1 aliphatic heterocycles. The molecule has 1 heterocycles. The van der Waals surface area contributed by atoms with E-state index in [1.807, 2.05) is 0 Å². The fraction of sp³-hybridized carbons (Fsp3) is 0.429. The first-order chi connectivity index (χ1) is 9.52. The third-order valence-electron chi connectivity index (χ3n) is 3.42. The van der Waals surface area contributed by atoms with Gasteiger partial charge in [-0.25, -0.2) is 9.45 Å². The highest BCUT2D eigenvalue weighted by Gasteiger charge is 2.25. The summed E-state index contributed by atoms with van der Waals surface area (Å²) in [6.07, 6.45) is 0.851. The molecular formula is C14H17FN2O3. The first kappa shape index (κ1) is 14.5. The summed E-state index contributed by atoms with van der Waals surface area (Å²) in [7, 11) is 2.89. The molecule has 20 heavy (non-hydrogen) atoms. The second-order valence-corrected chi connectivity index (χ2v) is 4.64. The lowest BCUT2D eigenvalue weighted by atomic mass is 10.1. The predicted molar refractivity (Wildman–Crippen MR) is 71.5 cm³/mol. The summed E-state index contributed by atoms with van der Waals surface area (Å²) in [6.45, 7) is 0.534. The number of hydroxylamine groups is 2. The van der Waals surface area contributed by atoms with E-state index in [9.17, 15) is 14.0 Å². The second kappa shape index (κ2) is 6.00. The molecule has 0 saturated carbocycles. The van der Waals surface area contributed by atoms with Crippen molar-refractivity contribution < 1.29 is 18.8 Å². The molecule has 5 nitrogen and oxygen atoms in total. The Kier molecular flexibility index (Phi) is 4.34. The molecule has 0 unspecified atom stereocenters. The lowest BCUT2D eigenvalue weighted by molar-refractivity contribution is -0.169. The van der Waals surface area contributed by atoms with Gasteiger partial charge in [-0.05, 0) is 30.2 Å². The minimum atomic E-state index is -0.296. The summed E-state index contributed by atoms with van der Waals surface area (Å²) < 4.78 is 13.1. The van der Waals surface area contributed by atoms with Gasteiger partial charge in [-0.2, -0.15) is 0 Å². The maximum atomic E-state index is 13.1. The Bertz CT molecular complexity index is 533. The monoisotopic (exact) mass is 280 g/mol. The van der Waals surface area contributed by atoms with Crippen molar-refractivity contribution >= 4 is 17.5 Å². The molecule has 2 amide bonds. The number of nitrogens with zero attached hydrogens (tertiary/aromatic N) is 2. The number of hydrogen-bond acceptors (Lipinski definition) is 3. The molecule has 108 valence electrons. The molecule has 6 heteroatoms. The Morgan fingerprint density at radius 2 is 2.15 bits per heavy atom. The number of rotatable bonds is 4. The molecule has 0 atom stereocenters. The SMILES string of the molecule is CON(C)C(=O)CCC(=O)N1CCc2cc(F)ccc21. The van der Waals surface area contributed by atoms with Crippen LogP contribution in [-0.4, -0.2) is 37.6 Å². The van der Waals surface area contributed by atoms with Gasteiger partial charge in [-0.3, -0.25) is 14.4 Å². The zero-order chi connectivity index (χ0) is 14.7. The van der Waals surface area contributed by atoms with E-state index < -0.39 is 0 Å². The van der Waals surface area contributed by atoms with E-state index in [0.29, 0.717) is 13.0 Å². The first-order valence-electron chi connectivity index (χ1n) is 6.42. The van der Waals surface area contributed by atoms with Crippen molar-refractivity contribution in [2.75, 3.05) is 25.6 Å². The molecule has 0 aromatic heterocycles. The summed E-state index contributed by atoms with van der Waals surface area (Å²) in [6, 6.07) is 4.40. The van der Waals surface area contributed by atoms with E-state index >= 15 is 0 Å². The highest BCUT2D eigenvalue weighted by Crippen LogP contribution is 2.29. The molecule has 0 aliphatic carbocycles. The molecule has 0 saturated heterocycles. The van der Waals surface area contributed by atoms with E-state index in [1.54, 1.807) is 11.0 Å². The highest BCUT2D eigenvalue weighted by atomic mass is 19.1. The largest absolute Gasteiger partial charge is 0.312 e. The van der Waals surface area contributed by atoms with Crippen molar-refractivity contribution in [1.82, 2.24) is 5.06 Å². The number of anilines is 1. The summed E-state index contributed by atoms with van der Waals surface area (Å²) in [5, 5.41) is 1.10. The van der Waals surface area contributed by atoms with Gasteiger partial charge in [-0.15, -0.1) is 0 Å². The number of carbonyl (C=O) groups is 2. The van der Waals surface area contributed by atoms with Crippen LogP contribution in [-0.2, 0) is 20.8 Å². The van der Waals surface area contributed by atoms with Crippen molar-refractivity contribution in [3.8, 4) is 0 Å². The standard InChI is InChI=1S/C14H17FN2O3/c1-16(20-2)13(18)5-6-14(19)17-8-7-10-9-11(15)3-4-12(10)17/h3-4,9H,5-8H2,1-2H3. The van der Waals surface area contributed by atoms with Crippen LogP contribution in [0.15, 0.2) is 18.2 Å². The van der Waals surface area contributed by atoms with Crippen molar-refractivity contribution in [3.05, 3.63) is 29.6 Å². The molecule has 1 aromatic rings. The maximum absolute atomic E-state index is 13.1. The Labute approximate surface area is 116 Å². The van der Waals surface area contributed by atoms with Crippen molar-refractivity contribution in [1.29, 1.82) is 0 Å². The van der Waals surface area contributed by atoms with Gasteiger partial charge < -0.3 is 4.90 Å². The fourth-order valence-electron chi connectivity index (χ4n) is 2.24. The van der Waals surface area contributed by atoms with Gasteiger partial charge in [0.25, 0.3) is 0 Å². The lowest BCUT2D eigenvalue weighted by Gasteiger charge is -2.18. The summed E-state index contributed by atoms with van der Waals surface area (Å²) in [5.41, 5.74) is 1.57. The van der Waals surface area contributed by atoms with E-state index in [-0.39, 0.29) is 30.5 Å². The fourth-order valence-corrected chi connectivity index (χ4v) is 2.24. The van der Waals surface area contributed by atoms with Gasteiger partial charge in [0, 0.05) is 32.1 Å². The topological polar surface area (TPSA) is 49.9 Å². The normalized spacial score (nSPS) is 13.2. The van der Waals surface area contributed by atoms with Gasteiger partial charge in [0.2, 0.25) is 11.8 Å². The average Bonchev–Trinajstić information content (AvgIpc) is 2.86. The van der Waals surface area contributed by atoms with Crippen LogP contribution in [0.1, 0.15) is 18.4 Å². The molecular weight excluding hydrogens is 263 g/mol. The van der Waals surface area contributed by atoms with Crippen LogP contribution in [0.5, 0.6) is 0 Å². The van der Waals surface area contributed by atoms with Crippen molar-refractivity contribution in [3.63, 3.8) is 0 Å². The molecule has 0 radical (unpaired) electrons. The van der Waals surface area contributed by atoms with E-state index in [4.69, 9.17) is 4.84 Å². The first-order valence-corrected chi connectivity index (χ1v) is 6.42. The number of amides is 2. The average molecular weight is 280 g/mol. The maximum Gasteiger partial charge on any atom is 0.246 e. The van der Waals surface area contributed by atoms with Crippen molar-refractivity contribution in [2.24, 2.45) is 0 Å². The van der Waals surface area contributed by atoms with E-state index in [1.165, 1.54) is 26.3 Å². The number of fused-ring (bicyclic) bond motifs is 1.